The van der Waals surface area contributed by atoms with Crippen LogP contribution in [0.2, 0.25) is 0 Å². The largest absolute Gasteiger partial charge is 0.445 e. The number of hydrogen-bond donors (Lipinski definition) is 2. The number of unbranched alkanes of at least 4 members (excludes halogenated alkanes) is 1. The summed E-state index contributed by atoms with van der Waals surface area (Å²) in [7, 11) is 0. The van der Waals surface area contributed by atoms with Gasteiger partial charge in [0.1, 0.15) is 18.8 Å². The van der Waals surface area contributed by atoms with E-state index in [4.69, 9.17) is 9.47 Å². The number of ether oxygens (including phenoxy) is 2. The van der Waals surface area contributed by atoms with Crippen molar-refractivity contribution in [3.8, 4) is 0 Å². The molecule has 3 rings (SSSR count). The number of rotatable bonds is 11. The summed E-state index contributed by atoms with van der Waals surface area (Å²) >= 11 is 0. The van der Waals surface area contributed by atoms with Crippen molar-refractivity contribution in [1.82, 2.24) is 15.5 Å². The molecule has 0 spiro atoms. The molecular weight excluding hydrogens is 498 g/mol. The van der Waals surface area contributed by atoms with Gasteiger partial charge in [-0.05, 0) is 24.5 Å². The van der Waals surface area contributed by atoms with E-state index in [1.807, 2.05) is 81.4 Å². The summed E-state index contributed by atoms with van der Waals surface area (Å²) < 4.78 is 11.1. The van der Waals surface area contributed by atoms with Gasteiger partial charge in [-0.2, -0.15) is 0 Å². The summed E-state index contributed by atoms with van der Waals surface area (Å²) in [5.74, 6) is -1.48. The number of carbonyl (C=O) groups is 4. The molecular formula is C30H39N3O6. The number of Topliss-reactive ketones (excluding diaryl/α,β-unsaturated/α-hetero) is 1. The van der Waals surface area contributed by atoms with Crippen LogP contribution in [0.4, 0.5) is 9.59 Å². The van der Waals surface area contributed by atoms with Gasteiger partial charge in [0.25, 0.3) is 5.91 Å². The molecule has 0 aliphatic carbocycles. The van der Waals surface area contributed by atoms with Crippen LogP contribution >= 0.6 is 0 Å². The van der Waals surface area contributed by atoms with E-state index in [1.54, 1.807) is 6.92 Å². The summed E-state index contributed by atoms with van der Waals surface area (Å²) in [5, 5.41) is 5.31. The number of ketones is 1. The van der Waals surface area contributed by atoms with E-state index in [1.165, 1.54) is 4.90 Å². The molecule has 0 radical (unpaired) electrons. The van der Waals surface area contributed by atoms with E-state index in [2.05, 4.69) is 10.6 Å². The smallest absolute Gasteiger partial charge is 0.410 e. The van der Waals surface area contributed by atoms with Crippen LogP contribution in [0.25, 0.3) is 0 Å². The molecule has 2 aromatic rings. The monoisotopic (exact) mass is 537 g/mol. The van der Waals surface area contributed by atoms with Crippen LogP contribution in [0.5, 0.6) is 0 Å². The zero-order valence-electron chi connectivity index (χ0n) is 23.1. The Kier molecular flexibility index (Phi) is 10.5. The quantitative estimate of drug-likeness (QED) is 0.400. The third-order valence-electron chi connectivity index (χ3n) is 6.89. The van der Waals surface area contributed by atoms with Crippen molar-refractivity contribution in [3.63, 3.8) is 0 Å². The fourth-order valence-electron chi connectivity index (χ4n) is 4.49. The standard InChI is InChI=1S/C30H39N3O6/c1-5-6-17-24(26(34)27(35)31-21(2)23-15-11-8-12-16-23)32-28(36)39-25-18-33(20-30(25,3)4)29(37)38-19-22-13-9-7-10-14-22/h7-16,21,24-25H,5-6,17-20H2,1-4H3,(H,31,35)(H,32,36)/t21-,24?,25-/m1/s1. The number of hydrogen-bond acceptors (Lipinski definition) is 6. The first kappa shape index (κ1) is 29.7. The molecule has 3 atom stereocenters. The van der Waals surface area contributed by atoms with Gasteiger partial charge in [-0.1, -0.05) is 94.3 Å². The van der Waals surface area contributed by atoms with E-state index in [9.17, 15) is 19.2 Å². The number of nitrogens with one attached hydrogen (secondary N) is 2. The van der Waals surface area contributed by atoms with E-state index in [-0.39, 0.29) is 19.2 Å². The Morgan fingerprint density at radius 3 is 2.28 bits per heavy atom. The number of benzene rings is 2. The predicted octanol–water partition coefficient (Wildman–Crippen LogP) is 4.77. The second-order valence-corrected chi connectivity index (χ2v) is 10.6. The van der Waals surface area contributed by atoms with E-state index in [0.29, 0.717) is 19.4 Å². The fraction of sp³-hybridized carbons (Fsp3) is 0.467. The van der Waals surface area contributed by atoms with Gasteiger partial charge >= 0.3 is 12.2 Å². The highest BCUT2D eigenvalue weighted by Gasteiger charge is 2.45. The summed E-state index contributed by atoms with van der Waals surface area (Å²) in [5.41, 5.74) is 1.21. The van der Waals surface area contributed by atoms with E-state index < -0.39 is 41.4 Å². The summed E-state index contributed by atoms with van der Waals surface area (Å²) in [4.78, 5) is 52.8. The van der Waals surface area contributed by atoms with Crippen molar-refractivity contribution in [2.45, 2.75) is 71.8 Å². The molecule has 3 amide bonds. The topological polar surface area (TPSA) is 114 Å². The molecule has 2 N–H and O–H groups in total. The first-order valence-corrected chi connectivity index (χ1v) is 13.4. The molecule has 9 heteroatoms. The minimum absolute atomic E-state index is 0.148. The van der Waals surface area contributed by atoms with E-state index in [0.717, 1.165) is 17.5 Å². The lowest BCUT2D eigenvalue weighted by molar-refractivity contribution is -0.139. The first-order chi connectivity index (χ1) is 18.6. The summed E-state index contributed by atoms with van der Waals surface area (Å²) in [6.07, 6.45) is -0.157. The Balaban J connectivity index is 1.56. The molecule has 39 heavy (non-hydrogen) atoms. The van der Waals surface area contributed by atoms with Gasteiger partial charge in [-0.25, -0.2) is 9.59 Å². The maximum Gasteiger partial charge on any atom is 0.410 e. The van der Waals surface area contributed by atoms with Gasteiger partial charge in [-0.3, -0.25) is 9.59 Å². The molecule has 0 bridgehead atoms. The number of carbonyl (C=O) groups excluding carboxylic acids is 4. The van der Waals surface area contributed by atoms with Crippen molar-refractivity contribution in [2.75, 3.05) is 13.1 Å². The van der Waals surface area contributed by atoms with Crippen LogP contribution in [-0.4, -0.2) is 54.0 Å². The minimum atomic E-state index is -1.02. The summed E-state index contributed by atoms with van der Waals surface area (Å²) in [6, 6.07) is 17.3. The Hall–Kier alpha value is -3.88. The van der Waals surface area contributed by atoms with Crippen LogP contribution in [0.15, 0.2) is 60.7 Å². The highest BCUT2D eigenvalue weighted by atomic mass is 16.6. The van der Waals surface area contributed by atoms with Gasteiger partial charge in [0.2, 0.25) is 5.78 Å². The van der Waals surface area contributed by atoms with Crippen molar-refractivity contribution < 1.29 is 28.7 Å². The number of alkyl carbamates (subject to hydrolysis) is 1. The average Bonchev–Trinajstić information content (AvgIpc) is 3.23. The predicted molar refractivity (Wildman–Crippen MR) is 147 cm³/mol. The molecule has 210 valence electrons. The zero-order valence-corrected chi connectivity index (χ0v) is 23.1. The third kappa shape index (κ3) is 8.56. The Labute approximate surface area is 230 Å². The average molecular weight is 538 g/mol. The molecule has 0 aromatic heterocycles. The molecule has 1 aliphatic heterocycles. The molecule has 2 aromatic carbocycles. The van der Waals surface area contributed by atoms with Gasteiger partial charge in [0.05, 0.1) is 12.6 Å². The maximum absolute atomic E-state index is 13.0. The normalized spacial score (nSPS) is 17.5. The van der Waals surface area contributed by atoms with Crippen LogP contribution in [0.3, 0.4) is 0 Å². The zero-order chi connectivity index (χ0) is 28.4. The van der Waals surface area contributed by atoms with Crippen LogP contribution in [0, 0.1) is 5.41 Å². The van der Waals surface area contributed by atoms with Gasteiger partial charge in [-0.15, -0.1) is 0 Å². The molecule has 1 saturated heterocycles. The Bertz CT molecular complexity index is 1120. The third-order valence-corrected chi connectivity index (χ3v) is 6.89. The summed E-state index contributed by atoms with van der Waals surface area (Å²) in [6.45, 7) is 8.20. The van der Waals surface area contributed by atoms with E-state index >= 15 is 0 Å². The molecule has 1 heterocycles. The van der Waals surface area contributed by atoms with Crippen molar-refractivity contribution >= 4 is 23.9 Å². The molecule has 9 nitrogen and oxygen atoms in total. The minimum Gasteiger partial charge on any atom is -0.445 e. The van der Waals surface area contributed by atoms with Gasteiger partial charge < -0.3 is 25.0 Å². The number of likely N-dealkylation sites (tertiary alicyclic amines) is 1. The lowest BCUT2D eigenvalue weighted by atomic mass is 9.90. The van der Waals surface area contributed by atoms with Crippen molar-refractivity contribution in [2.24, 2.45) is 5.41 Å². The number of nitrogens with zero attached hydrogens (tertiary/aromatic N) is 1. The lowest BCUT2D eigenvalue weighted by Crippen LogP contribution is -2.49. The first-order valence-electron chi connectivity index (χ1n) is 13.4. The van der Waals surface area contributed by atoms with Gasteiger partial charge in [0.15, 0.2) is 0 Å². The highest BCUT2D eigenvalue weighted by Crippen LogP contribution is 2.32. The van der Waals surface area contributed by atoms with Crippen LogP contribution in [0.1, 0.15) is 64.1 Å². The van der Waals surface area contributed by atoms with Gasteiger partial charge in [0, 0.05) is 12.0 Å². The SMILES string of the molecule is CCCCC(NC(=O)O[C@@H]1CN(C(=O)OCc2ccccc2)CC1(C)C)C(=O)C(=O)N[C@H](C)c1ccccc1. The Morgan fingerprint density at radius 1 is 1.00 bits per heavy atom. The molecule has 1 unspecified atom stereocenters. The molecule has 1 fully saturated rings. The number of amides is 3. The maximum atomic E-state index is 13.0. The van der Waals surface area contributed by atoms with Crippen LogP contribution in [-0.2, 0) is 25.7 Å². The van der Waals surface area contributed by atoms with Crippen LogP contribution < -0.4 is 10.6 Å². The van der Waals surface area contributed by atoms with Crippen molar-refractivity contribution in [3.05, 3.63) is 71.8 Å². The lowest BCUT2D eigenvalue weighted by Gasteiger charge is -2.26. The molecule has 0 saturated carbocycles. The van der Waals surface area contributed by atoms with Crippen molar-refractivity contribution in [1.29, 1.82) is 0 Å². The second-order valence-electron chi connectivity index (χ2n) is 10.6. The highest BCUT2D eigenvalue weighted by molar-refractivity contribution is 6.38. The fourth-order valence-corrected chi connectivity index (χ4v) is 4.49. The second kappa shape index (κ2) is 13.8. The Morgan fingerprint density at radius 2 is 1.64 bits per heavy atom. The molecule has 1 aliphatic rings.